The Hall–Kier alpha value is -0.900. The lowest BCUT2D eigenvalue weighted by atomic mass is 9.68. The first-order valence-electron chi connectivity index (χ1n) is 7.50. The molecule has 2 aliphatic carbocycles. The molecule has 2 saturated carbocycles. The molecule has 3 unspecified atom stereocenters. The van der Waals surface area contributed by atoms with Gasteiger partial charge in [-0.1, -0.05) is 26.8 Å². The van der Waals surface area contributed by atoms with Crippen LogP contribution in [0.3, 0.4) is 0 Å². The van der Waals surface area contributed by atoms with Gasteiger partial charge in [0.05, 0.1) is 10.0 Å². The van der Waals surface area contributed by atoms with Crippen LogP contribution >= 0.6 is 15.9 Å². The maximum absolute atomic E-state index is 13.6. The number of carbonyl (C=O) groups is 1. The Labute approximate surface area is 133 Å². The van der Waals surface area contributed by atoms with Crippen molar-refractivity contribution >= 4 is 21.8 Å². The molecule has 1 amide bonds. The number of rotatable bonds is 2. The van der Waals surface area contributed by atoms with Crippen molar-refractivity contribution in [3.05, 3.63) is 34.1 Å². The monoisotopic (exact) mass is 353 g/mol. The van der Waals surface area contributed by atoms with Crippen LogP contribution in [0.1, 0.15) is 50.4 Å². The second kappa shape index (κ2) is 4.80. The standard InChI is InChI=1S/C17H21BrFNO/c1-16(2)10-7-8-17(3,9-10)15(16)20-14(21)11-5-4-6-12(19)13(11)18/h4-6,10,15H,7-9H2,1-3H3,(H,20,21). The van der Waals surface area contributed by atoms with Gasteiger partial charge in [-0.3, -0.25) is 4.79 Å². The van der Waals surface area contributed by atoms with Gasteiger partial charge < -0.3 is 5.32 Å². The zero-order chi connectivity index (χ0) is 15.4. The molecule has 2 fully saturated rings. The Bertz CT molecular complexity index is 596. The minimum Gasteiger partial charge on any atom is -0.348 e. The van der Waals surface area contributed by atoms with E-state index >= 15 is 0 Å². The third-order valence-corrected chi connectivity index (χ3v) is 6.55. The van der Waals surface area contributed by atoms with Crippen LogP contribution in [0.4, 0.5) is 4.39 Å². The van der Waals surface area contributed by atoms with Crippen molar-refractivity contribution in [3.63, 3.8) is 0 Å². The second-order valence-corrected chi connectivity index (χ2v) is 8.22. The van der Waals surface area contributed by atoms with Crippen LogP contribution in [0.25, 0.3) is 0 Å². The molecule has 0 aromatic heterocycles. The Balaban J connectivity index is 1.87. The zero-order valence-corrected chi connectivity index (χ0v) is 14.3. The van der Waals surface area contributed by atoms with E-state index in [1.165, 1.54) is 18.9 Å². The first-order valence-corrected chi connectivity index (χ1v) is 8.30. The highest BCUT2D eigenvalue weighted by atomic mass is 79.9. The van der Waals surface area contributed by atoms with Crippen molar-refractivity contribution in [2.75, 3.05) is 0 Å². The van der Waals surface area contributed by atoms with Crippen molar-refractivity contribution in [3.8, 4) is 0 Å². The van der Waals surface area contributed by atoms with E-state index in [1.807, 2.05) is 0 Å². The lowest BCUT2D eigenvalue weighted by Crippen LogP contribution is -2.52. The minimum atomic E-state index is -0.402. The third-order valence-electron chi connectivity index (χ3n) is 5.74. The van der Waals surface area contributed by atoms with Gasteiger partial charge in [0, 0.05) is 6.04 Å². The Kier molecular flexibility index (Phi) is 3.43. The number of hydrogen-bond acceptors (Lipinski definition) is 1. The molecule has 21 heavy (non-hydrogen) atoms. The molecule has 0 aliphatic heterocycles. The molecule has 3 atom stereocenters. The van der Waals surface area contributed by atoms with Gasteiger partial charge in [-0.15, -0.1) is 0 Å². The van der Waals surface area contributed by atoms with Gasteiger partial charge in [0.25, 0.3) is 5.91 Å². The molecular formula is C17H21BrFNO. The minimum absolute atomic E-state index is 0.0997. The van der Waals surface area contributed by atoms with Crippen LogP contribution in [0.5, 0.6) is 0 Å². The summed E-state index contributed by atoms with van der Waals surface area (Å²) in [6, 6.07) is 4.73. The summed E-state index contributed by atoms with van der Waals surface area (Å²) in [5.41, 5.74) is 0.642. The van der Waals surface area contributed by atoms with E-state index in [2.05, 4.69) is 42.0 Å². The van der Waals surface area contributed by atoms with Crippen molar-refractivity contribution in [2.45, 2.75) is 46.1 Å². The van der Waals surface area contributed by atoms with E-state index in [0.29, 0.717) is 11.5 Å². The molecule has 2 nitrogen and oxygen atoms in total. The zero-order valence-electron chi connectivity index (χ0n) is 12.7. The largest absolute Gasteiger partial charge is 0.348 e. The Morgan fingerprint density at radius 2 is 2.10 bits per heavy atom. The number of carbonyl (C=O) groups excluding carboxylic acids is 1. The molecule has 0 saturated heterocycles. The van der Waals surface area contributed by atoms with Crippen molar-refractivity contribution < 1.29 is 9.18 Å². The molecule has 1 N–H and O–H groups in total. The van der Waals surface area contributed by atoms with E-state index in [1.54, 1.807) is 12.1 Å². The summed E-state index contributed by atoms with van der Waals surface area (Å²) in [7, 11) is 0. The van der Waals surface area contributed by atoms with Crippen LogP contribution < -0.4 is 5.32 Å². The molecule has 3 rings (SSSR count). The van der Waals surface area contributed by atoms with Gasteiger partial charge in [0.2, 0.25) is 0 Å². The predicted molar refractivity (Wildman–Crippen MR) is 84.6 cm³/mol. The van der Waals surface area contributed by atoms with Gasteiger partial charge in [-0.05, 0) is 64.1 Å². The number of halogens is 2. The van der Waals surface area contributed by atoms with Gasteiger partial charge >= 0.3 is 0 Å². The molecule has 4 heteroatoms. The molecule has 2 bridgehead atoms. The summed E-state index contributed by atoms with van der Waals surface area (Å²) in [5, 5.41) is 3.19. The fourth-order valence-corrected chi connectivity index (χ4v) is 4.99. The highest BCUT2D eigenvalue weighted by molar-refractivity contribution is 9.10. The lowest BCUT2D eigenvalue weighted by Gasteiger charge is -2.43. The average Bonchev–Trinajstić information content (AvgIpc) is 2.89. The van der Waals surface area contributed by atoms with E-state index in [4.69, 9.17) is 0 Å². The fourth-order valence-electron chi connectivity index (χ4n) is 4.55. The first-order chi connectivity index (χ1) is 9.75. The van der Waals surface area contributed by atoms with Crippen molar-refractivity contribution in [1.82, 2.24) is 5.32 Å². The molecule has 0 heterocycles. The SMILES string of the molecule is CC12CCC(C1)C(C)(C)C2NC(=O)c1cccc(F)c1Br. The lowest BCUT2D eigenvalue weighted by molar-refractivity contribution is 0.0736. The number of amides is 1. The molecule has 1 aromatic rings. The highest BCUT2D eigenvalue weighted by Gasteiger charge is 2.59. The average molecular weight is 354 g/mol. The summed E-state index contributed by atoms with van der Waals surface area (Å²) in [6.45, 7) is 6.76. The van der Waals surface area contributed by atoms with E-state index in [9.17, 15) is 9.18 Å². The smallest absolute Gasteiger partial charge is 0.252 e. The van der Waals surface area contributed by atoms with Crippen LogP contribution in [0.2, 0.25) is 0 Å². The molecule has 0 spiro atoms. The summed E-state index contributed by atoms with van der Waals surface area (Å²) in [6.07, 6.45) is 3.59. The van der Waals surface area contributed by atoms with Crippen LogP contribution in [-0.2, 0) is 0 Å². The van der Waals surface area contributed by atoms with E-state index in [0.717, 1.165) is 6.42 Å². The fraction of sp³-hybridized carbons (Fsp3) is 0.588. The van der Waals surface area contributed by atoms with Crippen LogP contribution in [0, 0.1) is 22.6 Å². The Morgan fingerprint density at radius 3 is 2.71 bits per heavy atom. The predicted octanol–water partition coefficient (Wildman–Crippen LogP) is 4.53. The Morgan fingerprint density at radius 1 is 1.38 bits per heavy atom. The van der Waals surface area contributed by atoms with Gasteiger partial charge in [0.1, 0.15) is 5.82 Å². The number of fused-ring (bicyclic) bond motifs is 2. The summed E-state index contributed by atoms with van der Waals surface area (Å²) >= 11 is 3.18. The highest BCUT2D eigenvalue weighted by Crippen LogP contribution is 2.62. The number of benzene rings is 1. The molecule has 0 radical (unpaired) electrons. The van der Waals surface area contributed by atoms with Gasteiger partial charge in [-0.2, -0.15) is 0 Å². The number of hydrogen-bond donors (Lipinski definition) is 1. The topological polar surface area (TPSA) is 29.1 Å². The number of nitrogens with one attached hydrogen (secondary N) is 1. The maximum atomic E-state index is 13.6. The van der Waals surface area contributed by atoms with Crippen molar-refractivity contribution in [1.29, 1.82) is 0 Å². The molecule has 1 aromatic carbocycles. The normalized spacial score (nSPS) is 33.2. The quantitative estimate of drug-likeness (QED) is 0.831. The summed E-state index contributed by atoms with van der Waals surface area (Å²) < 4.78 is 13.8. The second-order valence-electron chi connectivity index (χ2n) is 7.42. The van der Waals surface area contributed by atoms with Crippen molar-refractivity contribution in [2.24, 2.45) is 16.7 Å². The van der Waals surface area contributed by atoms with E-state index in [-0.39, 0.29) is 27.3 Å². The molecule has 114 valence electrons. The van der Waals surface area contributed by atoms with Crippen LogP contribution in [-0.4, -0.2) is 11.9 Å². The summed E-state index contributed by atoms with van der Waals surface area (Å²) in [5.74, 6) is 0.0815. The summed E-state index contributed by atoms with van der Waals surface area (Å²) in [4.78, 5) is 12.6. The molecule has 2 aliphatic rings. The third kappa shape index (κ3) is 2.23. The van der Waals surface area contributed by atoms with Gasteiger partial charge in [-0.25, -0.2) is 4.39 Å². The molecular weight excluding hydrogens is 333 g/mol. The maximum Gasteiger partial charge on any atom is 0.252 e. The van der Waals surface area contributed by atoms with Gasteiger partial charge in [0.15, 0.2) is 0 Å². The van der Waals surface area contributed by atoms with Crippen LogP contribution in [0.15, 0.2) is 22.7 Å². The van der Waals surface area contributed by atoms with E-state index < -0.39 is 5.82 Å². The first kappa shape index (κ1) is 15.0.